The van der Waals surface area contributed by atoms with Crippen LogP contribution in [-0.2, 0) is 38.2 Å². The fraction of sp³-hybridized carbons (Fsp3) is 0.353. The van der Waals surface area contributed by atoms with Crippen LogP contribution in [0.5, 0.6) is 34.5 Å². The van der Waals surface area contributed by atoms with Crippen molar-refractivity contribution < 1.29 is 66.7 Å². The molecule has 0 atom stereocenters. The first-order chi connectivity index (χ1) is 41.0. The van der Waals surface area contributed by atoms with Crippen molar-refractivity contribution in [3.05, 3.63) is 158 Å². The molecule has 0 aromatic heterocycles. The van der Waals surface area contributed by atoms with E-state index >= 15 is 0 Å². The van der Waals surface area contributed by atoms with Gasteiger partial charge in [0.15, 0.2) is 0 Å². The van der Waals surface area contributed by atoms with Crippen molar-refractivity contribution >= 4 is 69.8 Å². The number of carbonyl (C=O) groups is 6. The average Bonchev–Trinajstić information content (AvgIpc) is 2.27. The molecule has 2 fully saturated rings. The van der Waals surface area contributed by atoms with Gasteiger partial charge in [-0.3, -0.25) is 19.2 Å². The molecule has 0 unspecified atom stereocenters. The summed E-state index contributed by atoms with van der Waals surface area (Å²) < 4.78 is 45.1. The van der Waals surface area contributed by atoms with E-state index in [2.05, 4.69) is 41.6 Å². The van der Waals surface area contributed by atoms with Crippen molar-refractivity contribution in [2.24, 2.45) is 33.9 Å². The largest absolute Gasteiger partial charge is 0.494 e. The predicted molar refractivity (Wildman–Crippen MR) is 320 cm³/mol. The molecule has 2 aliphatic rings. The Morgan fingerprint density at radius 2 is 0.774 bits per heavy atom. The van der Waals surface area contributed by atoms with Gasteiger partial charge in [-0.05, 0) is 197 Å². The molecular formula is C68H72N2O14. The van der Waals surface area contributed by atoms with Crippen LogP contribution in [0.4, 0.5) is 0 Å². The summed E-state index contributed by atoms with van der Waals surface area (Å²) in [6.45, 7) is 8.57. The van der Waals surface area contributed by atoms with Crippen molar-refractivity contribution in [2.45, 2.75) is 103 Å². The van der Waals surface area contributed by atoms with Gasteiger partial charge in [0.2, 0.25) is 0 Å². The Kier molecular flexibility index (Phi) is 23.3. The molecule has 8 rings (SSSR count). The summed E-state index contributed by atoms with van der Waals surface area (Å²) in [4.78, 5) is 76.4. The number of ether oxygens (including phenoxy) is 8. The second-order valence-corrected chi connectivity index (χ2v) is 20.9. The van der Waals surface area contributed by atoms with Gasteiger partial charge in [0.1, 0.15) is 34.5 Å². The van der Waals surface area contributed by atoms with E-state index in [9.17, 15) is 28.8 Å². The number of fused-ring (bicyclic) bond motifs is 2. The van der Waals surface area contributed by atoms with E-state index in [0.29, 0.717) is 106 Å². The highest BCUT2D eigenvalue weighted by Gasteiger charge is 2.34. The molecule has 0 radical (unpaired) electrons. The minimum atomic E-state index is -0.477. The van der Waals surface area contributed by atoms with Crippen LogP contribution in [0.2, 0.25) is 0 Å². The maximum absolute atomic E-state index is 13.8. The first-order valence-corrected chi connectivity index (χ1v) is 29.1. The smallest absolute Gasteiger partial charge is 0.330 e. The van der Waals surface area contributed by atoms with Crippen molar-refractivity contribution in [3.63, 3.8) is 0 Å². The summed E-state index contributed by atoms with van der Waals surface area (Å²) in [5, 5.41) is 13.0. The topological polar surface area (TPSA) is 201 Å². The number of carbonyl (C=O) groups excluding carboxylic acids is 6. The third-order valence-corrected chi connectivity index (χ3v) is 15.0. The van der Waals surface area contributed by atoms with Crippen molar-refractivity contribution in [2.75, 3.05) is 26.4 Å². The summed E-state index contributed by atoms with van der Waals surface area (Å²) in [5.41, 5.74) is 1.25. The molecule has 0 saturated heterocycles. The van der Waals surface area contributed by atoms with Crippen LogP contribution in [-0.4, -0.2) is 74.7 Å². The zero-order valence-corrected chi connectivity index (χ0v) is 47.3. The highest BCUT2D eigenvalue weighted by atomic mass is 16.6. The lowest BCUT2D eigenvalue weighted by Crippen LogP contribution is -2.30. The number of unbranched alkanes of at least 4 members (excludes halogenated alkanes) is 6. The summed E-state index contributed by atoms with van der Waals surface area (Å²) in [5.74, 6) is -1.61. The number of benzene rings is 6. The third kappa shape index (κ3) is 18.5. The van der Waals surface area contributed by atoms with E-state index in [-0.39, 0.29) is 29.4 Å². The zero-order valence-electron chi connectivity index (χ0n) is 47.3. The summed E-state index contributed by atoms with van der Waals surface area (Å²) in [6, 6.07) is 36.8. The van der Waals surface area contributed by atoms with E-state index in [4.69, 9.17) is 37.9 Å². The average molecular weight is 1140 g/mol. The third-order valence-electron chi connectivity index (χ3n) is 15.0. The van der Waals surface area contributed by atoms with Gasteiger partial charge in [0.05, 0.1) is 62.5 Å². The van der Waals surface area contributed by atoms with Crippen LogP contribution in [0.15, 0.2) is 157 Å². The highest BCUT2D eigenvalue weighted by molar-refractivity contribution is 6.13. The summed E-state index contributed by atoms with van der Waals surface area (Å²) in [7, 11) is 0. The van der Waals surface area contributed by atoms with E-state index < -0.39 is 41.6 Å². The number of esters is 6. The molecular weight excluding hydrogens is 1070 g/mol. The van der Waals surface area contributed by atoms with Gasteiger partial charge in [-0.1, -0.05) is 61.7 Å². The molecule has 16 nitrogen and oxygen atoms in total. The quantitative estimate of drug-likeness (QED) is 0.00816. The Morgan fingerprint density at radius 3 is 1.21 bits per heavy atom. The zero-order chi connectivity index (χ0) is 58.9. The molecule has 16 heteroatoms. The molecule has 0 heterocycles. The first kappa shape index (κ1) is 61.2. The molecule has 438 valence electrons. The molecule has 0 bridgehead atoms. The Morgan fingerprint density at radius 1 is 0.405 bits per heavy atom. The van der Waals surface area contributed by atoms with Crippen molar-refractivity contribution in [1.29, 1.82) is 0 Å². The van der Waals surface area contributed by atoms with Crippen LogP contribution in [0.25, 0.3) is 21.5 Å². The second kappa shape index (κ2) is 32.1. The van der Waals surface area contributed by atoms with Gasteiger partial charge in [-0.15, -0.1) is 0 Å². The number of rotatable bonds is 29. The van der Waals surface area contributed by atoms with Crippen LogP contribution < -0.4 is 28.4 Å². The van der Waals surface area contributed by atoms with Gasteiger partial charge in [-0.25, -0.2) is 9.59 Å². The predicted octanol–water partition coefficient (Wildman–Crippen LogP) is 13.4. The number of hydrogen-bond donors (Lipinski definition) is 0. The van der Waals surface area contributed by atoms with Gasteiger partial charge < -0.3 is 37.9 Å². The number of nitrogens with zero attached hydrogens (tertiary/aromatic N) is 2. The van der Waals surface area contributed by atoms with Crippen LogP contribution in [0, 0.1) is 23.7 Å². The first-order valence-electron chi connectivity index (χ1n) is 29.1. The fourth-order valence-corrected chi connectivity index (χ4v) is 10.2. The van der Waals surface area contributed by atoms with Gasteiger partial charge in [-0.2, -0.15) is 10.2 Å². The maximum atomic E-state index is 13.8. The maximum Gasteiger partial charge on any atom is 0.330 e. The van der Waals surface area contributed by atoms with Crippen molar-refractivity contribution in [1.82, 2.24) is 0 Å². The standard InChI is InChI=1S/C68H72N2O14/c1-3-63(71)79-41-15-7-5-13-39-77-54-29-33-56(34-30-54)81-65(73)47-21-23-49(24-22-47)67(75)83-58-37-38-62(53(44-58)45-69-70-46-61-59-19-11-9-17-51(59)43-52-18-10-12-20-60(52)61)84-68(76)50-27-25-48(26-28-50)66(74)82-57-35-31-55(32-36-57)78-40-14-6-8-16-42-80-64(72)4-2/h3-4,9-12,17-20,29-38,43-50H,1-2,5-8,13-16,21-28,39-42H2. The van der Waals surface area contributed by atoms with E-state index in [1.165, 1.54) is 6.21 Å². The SMILES string of the molecule is C=CC(=O)OCCCCCCOc1ccc(OC(=O)C2CCC(C(=O)Oc3ccc(OC(=O)C4CCC(C(=O)Oc5ccc(OCCCCCCOC(=O)C=C)cc5)CC4)c(C=NN=Cc4c5ccccc5cc5ccccc45)c3)CC2)cc1. The second-order valence-electron chi connectivity index (χ2n) is 20.9. The van der Waals surface area contributed by atoms with Crippen molar-refractivity contribution in [3.8, 4) is 34.5 Å². The fourth-order valence-electron chi connectivity index (χ4n) is 10.2. The molecule has 2 aliphatic carbocycles. The Bertz CT molecular complexity index is 3230. The number of hydrogen-bond acceptors (Lipinski definition) is 16. The summed E-state index contributed by atoms with van der Waals surface area (Å²) >= 11 is 0. The molecule has 0 aliphatic heterocycles. The van der Waals surface area contributed by atoms with E-state index in [1.807, 2.05) is 36.4 Å². The Labute approximate surface area is 489 Å². The monoisotopic (exact) mass is 1140 g/mol. The Hall–Kier alpha value is -8.92. The van der Waals surface area contributed by atoms with E-state index in [0.717, 1.165) is 90.6 Å². The summed E-state index contributed by atoms with van der Waals surface area (Å²) in [6.07, 6.45) is 15.9. The van der Waals surface area contributed by atoms with Crippen LogP contribution in [0.1, 0.15) is 114 Å². The lowest BCUT2D eigenvalue weighted by molar-refractivity contribution is -0.145. The van der Waals surface area contributed by atoms with Crippen LogP contribution in [0.3, 0.4) is 0 Å². The molecule has 0 amide bonds. The van der Waals surface area contributed by atoms with Crippen LogP contribution >= 0.6 is 0 Å². The Balaban J connectivity index is 0.828. The lowest BCUT2D eigenvalue weighted by atomic mass is 9.82. The van der Waals surface area contributed by atoms with Gasteiger partial charge >= 0.3 is 35.8 Å². The highest BCUT2D eigenvalue weighted by Crippen LogP contribution is 2.35. The van der Waals surface area contributed by atoms with Gasteiger partial charge in [0, 0.05) is 23.3 Å². The minimum absolute atomic E-state index is 0.197. The molecule has 84 heavy (non-hydrogen) atoms. The minimum Gasteiger partial charge on any atom is -0.494 e. The lowest BCUT2D eigenvalue weighted by Gasteiger charge is -2.26. The molecule has 0 N–H and O–H groups in total. The molecule has 6 aromatic carbocycles. The van der Waals surface area contributed by atoms with Gasteiger partial charge in [0.25, 0.3) is 0 Å². The molecule has 2 saturated carbocycles. The molecule has 6 aromatic rings. The van der Waals surface area contributed by atoms with E-state index in [1.54, 1.807) is 72.9 Å². The molecule has 0 spiro atoms. The normalized spacial score (nSPS) is 16.8.